The Kier molecular flexibility index (Phi) is 2.53. The number of hydrogen-bond acceptors (Lipinski definition) is 5. The zero-order valence-corrected chi connectivity index (χ0v) is 11.2. The number of rotatable bonds is 4. The molecule has 0 spiro atoms. The molecule has 0 bridgehead atoms. The predicted molar refractivity (Wildman–Crippen MR) is 73.4 cm³/mol. The summed E-state index contributed by atoms with van der Waals surface area (Å²) in [5, 5.41) is 7.96. The highest BCUT2D eigenvalue weighted by Gasteiger charge is 2.21. The van der Waals surface area contributed by atoms with E-state index in [1.807, 2.05) is 10.9 Å². The van der Waals surface area contributed by atoms with E-state index >= 15 is 0 Å². The maximum Gasteiger partial charge on any atom is 0.182 e. The molecule has 0 saturated heterocycles. The summed E-state index contributed by atoms with van der Waals surface area (Å²) >= 11 is 0. The van der Waals surface area contributed by atoms with Crippen molar-refractivity contribution in [2.75, 3.05) is 0 Å². The summed E-state index contributed by atoms with van der Waals surface area (Å²) in [5.41, 5.74) is 3.75. The van der Waals surface area contributed by atoms with Crippen LogP contribution in [0.4, 0.5) is 0 Å². The van der Waals surface area contributed by atoms with Crippen LogP contribution in [0.2, 0.25) is 0 Å². The molecule has 0 amide bonds. The fraction of sp³-hybridized carbons (Fsp3) is 0.385. The molecule has 1 aliphatic rings. The number of hydrogen-bond donors (Lipinski definition) is 2. The molecule has 1 saturated carbocycles. The molecule has 0 atom stereocenters. The second kappa shape index (κ2) is 4.38. The number of imidazole rings is 1. The monoisotopic (exact) mass is 269 g/mol. The Hall–Kier alpha value is -2.28. The predicted octanol–water partition coefficient (Wildman–Crippen LogP) is 1.10. The minimum absolute atomic E-state index is 0.655. The summed E-state index contributed by atoms with van der Waals surface area (Å²) < 4.78 is 1.84. The first-order valence-electron chi connectivity index (χ1n) is 6.74. The van der Waals surface area contributed by atoms with Crippen molar-refractivity contribution < 1.29 is 0 Å². The minimum atomic E-state index is 0.655. The first-order chi connectivity index (χ1) is 9.83. The average Bonchev–Trinajstić information content (AvgIpc) is 3.04. The van der Waals surface area contributed by atoms with Crippen LogP contribution in [0.1, 0.15) is 24.1 Å². The van der Waals surface area contributed by atoms with Crippen molar-refractivity contribution >= 4 is 11.2 Å². The number of aromatic amines is 1. The molecular weight excluding hydrogens is 254 g/mol. The van der Waals surface area contributed by atoms with Gasteiger partial charge in [0.1, 0.15) is 11.8 Å². The van der Waals surface area contributed by atoms with Crippen LogP contribution in [0.25, 0.3) is 17.0 Å². The van der Waals surface area contributed by atoms with E-state index in [2.05, 4.69) is 37.3 Å². The lowest BCUT2D eigenvalue weighted by Gasteiger charge is -2.05. The van der Waals surface area contributed by atoms with Crippen molar-refractivity contribution in [3.05, 3.63) is 30.1 Å². The van der Waals surface area contributed by atoms with Gasteiger partial charge in [-0.1, -0.05) is 0 Å². The fourth-order valence-electron chi connectivity index (χ4n) is 2.29. The van der Waals surface area contributed by atoms with E-state index < -0.39 is 0 Å². The maximum atomic E-state index is 4.45. The average molecular weight is 269 g/mol. The van der Waals surface area contributed by atoms with Crippen molar-refractivity contribution in [1.29, 1.82) is 0 Å². The third-order valence-corrected chi connectivity index (χ3v) is 3.67. The molecule has 3 aromatic rings. The van der Waals surface area contributed by atoms with E-state index in [-0.39, 0.29) is 0 Å². The van der Waals surface area contributed by atoms with E-state index in [9.17, 15) is 0 Å². The van der Waals surface area contributed by atoms with Crippen LogP contribution in [-0.2, 0) is 6.54 Å². The zero-order valence-electron chi connectivity index (χ0n) is 11.2. The molecule has 3 aromatic heterocycles. The highest BCUT2D eigenvalue weighted by molar-refractivity contribution is 5.77. The van der Waals surface area contributed by atoms with Crippen molar-refractivity contribution in [2.45, 2.75) is 32.4 Å². The Morgan fingerprint density at radius 2 is 2.25 bits per heavy atom. The summed E-state index contributed by atoms with van der Waals surface area (Å²) in [6, 6.07) is 0.691. The van der Waals surface area contributed by atoms with Gasteiger partial charge in [0.15, 0.2) is 11.5 Å². The van der Waals surface area contributed by atoms with Gasteiger partial charge in [0.25, 0.3) is 0 Å². The Balaban J connectivity index is 1.72. The normalized spacial score (nSPS) is 15.1. The number of nitrogens with one attached hydrogen (secondary N) is 2. The first kappa shape index (κ1) is 11.5. The number of nitrogens with zero attached hydrogens (tertiary/aromatic N) is 5. The van der Waals surface area contributed by atoms with E-state index in [4.69, 9.17) is 0 Å². The number of fused-ring (bicyclic) bond motifs is 1. The molecule has 2 N–H and O–H groups in total. The van der Waals surface area contributed by atoms with E-state index in [0.717, 1.165) is 23.6 Å². The lowest BCUT2D eigenvalue weighted by Crippen LogP contribution is -2.15. The van der Waals surface area contributed by atoms with Crippen LogP contribution in [0.5, 0.6) is 0 Å². The highest BCUT2D eigenvalue weighted by atomic mass is 15.3. The van der Waals surface area contributed by atoms with Crippen LogP contribution < -0.4 is 5.32 Å². The van der Waals surface area contributed by atoms with Crippen LogP contribution in [-0.4, -0.2) is 35.8 Å². The van der Waals surface area contributed by atoms with Crippen molar-refractivity contribution in [3.8, 4) is 5.82 Å². The van der Waals surface area contributed by atoms with Gasteiger partial charge in [0, 0.05) is 23.8 Å². The SMILES string of the molecule is Cc1c(CNC2CC2)cnn1-c1ncnc2nc[nH]c12. The van der Waals surface area contributed by atoms with Gasteiger partial charge in [-0.05, 0) is 19.8 Å². The molecule has 3 heterocycles. The smallest absolute Gasteiger partial charge is 0.182 e. The van der Waals surface area contributed by atoms with Crippen LogP contribution in [0, 0.1) is 6.92 Å². The molecule has 1 aliphatic carbocycles. The third kappa shape index (κ3) is 1.87. The molecule has 0 radical (unpaired) electrons. The quantitative estimate of drug-likeness (QED) is 0.741. The minimum Gasteiger partial charge on any atom is -0.340 e. The first-order valence-corrected chi connectivity index (χ1v) is 6.74. The van der Waals surface area contributed by atoms with Crippen LogP contribution in [0.3, 0.4) is 0 Å². The van der Waals surface area contributed by atoms with E-state index in [1.165, 1.54) is 24.7 Å². The van der Waals surface area contributed by atoms with Crippen molar-refractivity contribution in [1.82, 2.24) is 35.0 Å². The van der Waals surface area contributed by atoms with E-state index in [0.29, 0.717) is 11.7 Å². The molecular formula is C13H15N7. The Labute approximate surface area is 115 Å². The summed E-state index contributed by atoms with van der Waals surface area (Å²) in [4.78, 5) is 15.7. The van der Waals surface area contributed by atoms with Gasteiger partial charge in [-0.15, -0.1) is 0 Å². The van der Waals surface area contributed by atoms with Crippen molar-refractivity contribution in [3.63, 3.8) is 0 Å². The molecule has 7 nitrogen and oxygen atoms in total. The van der Waals surface area contributed by atoms with Gasteiger partial charge in [-0.3, -0.25) is 0 Å². The second-order valence-electron chi connectivity index (χ2n) is 5.12. The molecule has 102 valence electrons. The molecule has 0 aliphatic heterocycles. The fourth-order valence-corrected chi connectivity index (χ4v) is 2.29. The summed E-state index contributed by atoms with van der Waals surface area (Å²) in [6.45, 7) is 2.91. The lowest BCUT2D eigenvalue weighted by molar-refractivity contribution is 0.683. The molecule has 7 heteroatoms. The number of H-pyrrole nitrogens is 1. The van der Waals surface area contributed by atoms with Gasteiger partial charge in [-0.25, -0.2) is 19.6 Å². The van der Waals surface area contributed by atoms with Gasteiger partial charge in [0.05, 0.1) is 12.5 Å². The van der Waals surface area contributed by atoms with Crippen LogP contribution in [0.15, 0.2) is 18.9 Å². The largest absolute Gasteiger partial charge is 0.340 e. The zero-order chi connectivity index (χ0) is 13.5. The lowest BCUT2D eigenvalue weighted by atomic mass is 10.2. The highest BCUT2D eigenvalue weighted by Crippen LogP contribution is 2.21. The molecule has 1 fully saturated rings. The summed E-state index contributed by atoms with van der Waals surface area (Å²) in [7, 11) is 0. The Morgan fingerprint density at radius 1 is 1.35 bits per heavy atom. The maximum absolute atomic E-state index is 4.45. The standard InChI is InChI=1S/C13H15N7/c1-8-9(4-14-10-2-3-10)5-19-20(8)13-11-12(16-6-15-11)17-7-18-13/h5-7,10,14H,2-4H2,1H3,(H,15,16,17,18). The van der Waals surface area contributed by atoms with Gasteiger partial charge in [-0.2, -0.15) is 5.10 Å². The van der Waals surface area contributed by atoms with Gasteiger partial charge < -0.3 is 10.3 Å². The van der Waals surface area contributed by atoms with Gasteiger partial charge >= 0.3 is 0 Å². The summed E-state index contributed by atoms with van der Waals surface area (Å²) in [6.07, 6.45) is 7.61. The molecule has 20 heavy (non-hydrogen) atoms. The topological polar surface area (TPSA) is 84.3 Å². The second-order valence-corrected chi connectivity index (χ2v) is 5.12. The molecule has 4 rings (SSSR count). The number of aromatic nitrogens is 6. The van der Waals surface area contributed by atoms with Crippen molar-refractivity contribution in [2.24, 2.45) is 0 Å². The molecule has 0 unspecified atom stereocenters. The molecule has 0 aromatic carbocycles. The van der Waals surface area contributed by atoms with E-state index in [1.54, 1.807) is 6.33 Å². The van der Waals surface area contributed by atoms with Crippen LogP contribution >= 0.6 is 0 Å². The summed E-state index contributed by atoms with van der Waals surface area (Å²) in [5.74, 6) is 0.739. The Morgan fingerprint density at radius 3 is 3.10 bits per heavy atom. The van der Waals surface area contributed by atoms with Gasteiger partial charge in [0.2, 0.25) is 0 Å². The Bertz CT molecular complexity index is 753. The third-order valence-electron chi connectivity index (χ3n) is 3.67.